The number of hydrogen-bond donors (Lipinski definition) is 2. The molecule has 0 fully saturated rings. The normalized spacial score (nSPS) is 12.1. The molecule has 2 amide bonds. The van der Waals surface area contributed by atoms with Crippen LogP contribution in [0, 0.1) is 11.8 Å². The van der Waals surface area contributed by atoms with Crippen molar-refractivity contribution in [2.24, 2.45) is 4.36 Å². The number of Topliss-reactive ketones (excluding diaryl/α,β-unsaturated/α-hetero) is 1. The summed E-state index contributed by atoms with van der Waals surface area (Å²) in [7, 11) is -2.97. The van der Waals surface area contributed by atoms with Gasteiger partial charge in [0.2, 0.25) is 5.91 Å². The van der Waals surface area contributed by atoms with E-state index in [1.54, 1.807) is 24.3 Å². The van der Waals surface area contributed by atoms with E-state index in [4.69, 9.17) is 5.73 Å². The van der Waals surface area contributed by atoms with Crippen LogP contribution >= 0.6 is 0 Å². The van der Waals surface area contributed by atoms with Crippen molar-refractivity contribution >= 4 is 38.8 Å². The summed E-state index contributed by atoms with van der Waals surface area (Å²) in [4.78, 5) is 38.6. The molecule has 0 spiro atoms. The quantitative estimate of drug-likeness (QED) is 0.737. The standard InChI is InChI=1S/C20H20N4O4S/c1-13(25)12-29(3,28)24-20(27)17-10-16(19(21)22-11-17)8-7-15-5-4-6-18(9-15)23-14(2)26/h4-6,9-11H,12H2,1-3H3,(H2,21,22)(H,23,26). The monoisotopic (exact) mass is 412 g/mol. The number of carbonyl (C=O) groups is 3. The molecule has 2 rings (SSSR count). The number of nitrogen functional groups attached to an aromatic ring is 1. The number of nitrogens with two attached hydrogens (primary N) is 1. The molecule has 1 unspecified atom stereocenters. The number of amides is 2. The molecule has 1 aromatic heterocycles. The topological polar surface area (TPSA) is 132 Å². The van der Waals surface area contributed by atoms with Crippen LogP contribution in [0.25, 0.3) is 0 Å². The number of aromatic nitrogens is 1. The van der Waals surface area contributed by atoms with Crippen molar-refractivity contribution in [2.75, 3.05) is 23.1 Å². The van der Waals surface area contributed by atoms with Crippen LogP contribution in [0.4, 0.5) is 11.5 Å². The lowest BCUT2D eigenvalue weighted by atomic mass is 10.1. The first-order chi connectivity index (χ1) is 13.6. The van der Waals surface area contributed by atoms with Gasteiger partial charge >= 0.3 is 0 Å². The number of benzene rings is 1. The average molecular weight is 412 g/mol. The minimum atomic E-state index is -2.97. The van der Waals surface area contributed by atoms with E-state index in [0.29, 0.717) is 16.8 Å². The number of ketones is 1. The van der Waals surface area contributed by atoms with E-state index >= 15 is 0 Å². The van der Waals surface area contributed by atoms with E-state index in [-0.39, 0.29) is 28.8 Å². The molecule has 0 aliphatic rings. The highest BCUT2D eigenvalue weighted by Crippen LogP contribution is 2.13. The van der Waals surface area contributed by atoms with Crippen molar-refractivity contribution in [3.05, 3.63) is 53.2 Å². The number of carbonyl (C=O) groups excluding carboxylic acids is 3. The summed E-state index contributed by atoms with van der Waals surface area (Å²) in [5.74, 6) is 4.25. The molecule has 8 nitrogen and oxygen atoms in total. The molecular weight excluding hydrogens is 392 g/mol. The highest BCUT2D eigenvalue weighted by Gasteiger charge is 2.13. The molecule has 0 aliphatic carbocycles. The Morgan fingerprint density at radius 1 is 1.21 bits per heavy atom. The van der Waals surface area contributed by atoms with Gasteiger partial charge in [-0.05, 0) is 31.2 Å². The van der Waals surface area contributed by atoms with Gasteiger partial charge in [-0.3, -0.25) is 14.4 Å². The fraction of sp³-hybridized carbons (Fsp3) is 0.200. The first-order valence-corrected chi connectivity index (χ1v) is 10.5. The molecule has 9 heteroatoms. The molecule has 29 heavy (non-hydrogen) atoms. The Balaban J connectivity index is 2.34. The average Bonchev–Trinajstić information content (AvgIpc) is 2.59. The molecule has 0 saturated heterocycles. The van der Waals surface area contributed by atoms with Crippen molar-refractivity contribution in [1.29, 1.82) is 0 Å². The third kappa shape index (κ3) is 6.86. The minimum Gasteiger partial charge on any atom is -0.383 e. The fourth-order valence-corrected chi connectivity index (χ4v) is 3.62. The Labute approximate surface area is 169 Å². The lowest BCUT2D eigenvalue weighted by Crippen LogP contribution is -2.13. The van der Waals surface area contributed by atoms with Gasteiger partial charge in [0, 0.05) is 30.6 Å². The smallest absolute Gasteiger partial charge is 0.286 e. The Bertz CT molecular complexity index is 1170. The second-order valence-corrected chi connectivity index (χ2v) is 8.76. The molecule has 150 valence electrons. The SMILES string of the molecule is CC(=O)CS(C)(=O)=NC(=O)c1cnc(N)c(C#Cc2cccc(NC(C)=O)c2)c1. The van der Waals surface area contributed by atoms with Gasteiger partial charge < -0.3 is 11.1 Å². The molecule has 0 bridgehead atoms. The van der Waals surface area contributed by atoms with Gasteiger partial charge in [-0.2, -0.15) is 4.36 Å². The third-order valence-electron chi connectivity index (χ3n) is 3.44. The first-order valence-electron chi connectivity index (χ1n) is 8.44. The highest BCUT2D eigenvalue weighted by molar-refractivity contribution is 7.93. The molecule has 1 aromatic carbocycles. The third-order valence-corrected chi connectivity index (χ3v) is 4.93. The predicted molar refractivity (Wildman–Crippen MR) is 112 cm³/mol. The van der Waals surface area contributed by atoms with Gasteiger partial charge in [-0.15, -0.1) is 0 Å². The lowest BCUT2D eigenvalue weighted by Gasteiger charge is -2.03. The number of hydrogen-bond acceptors (Lipinski definition) is 6. The zero-order valence-corrected chi connectivity index (χ0v) is 17.0. The van der Waals surface area contributed by atoms with Gasteiger partial charge in [-0.25, -0.2) is 9.19 Å². The molecule has 0 aliphatic heterocycles. The van der Waals surface area contributed by atoms with Crippen LogP contribution in [0.15, 0.2) is 40.9 Å². The fourth-order valence-electron chi connectivity index (χ4n) is 2.35. The molecule has 0 radical (unpaired) electrons. The number of anilines is 2. The summed E-state index contributed by atoms with van der Waals surface area (Å²) in [6, 6.07) is 8.31. The van der Waals surface area contributed by atoms with Crippen molar-refractivity contribution in [1.82, 2.24) is 4.98 Å². The maximum Gasteiger partial charge on any atom is 0.286 e. The Morgan fingerprint density at radius 2 is 1.93 bits per heavy atom. The van der Waals surface area contributed by atoms with Crippen LogP contribution in [0.1, 0.15) is 35.3 Å². The van der Waals surface area contributed by atoms with Crippen molar-refractivity contribution < 1.29 is 18.6 Å². The van der Waals surface area contributed by atoms with Crippen LogP contribution < -0.4 is 11.1 Å². The summed E-state index contributed by atoms with van der Waals surface area (Å²) >= 11 is 0. The Hall–Kier alpha value is -3.51. The van der Waals surface area contributed by atoms with Crippen molar-refractivity contribution in [2.45, 2.75) is 13.8 Å². The summed E-state index contributed by atoms with van der Waals surface area (Å²) in [6.07, 6.45) is 2.47. The zero-order chi connectivity index (χ0) is 21.6. The predicted octanol–water partition coefficient (Wildman–Crippen LogP) is 1.85. The summed E-state index contributed by atoms with van der Waals surface area (Å²) in [6.45, 7) is 2.69. The van der Waals surface area contributed by atoms with E-state index in [1.807, 2.05) is 0 Å². The van der Waals surface area contributed by atoms with Crippen LogP contribution in [0.2, 0.25) is 0 Å². The van der Waals surface area contributed by atoms with E-state index in [1.165, 1.54) is 32.4 Å². The summed E-state index contributed by atoms with van der Waals surface area (Å²) < 4.78 is 15.9. The van der Waals surface area contributed by atoms with Crippen LogP contribution in [-0.2, 0) is 19.3 Å². The van der Waals surface area contributed by atoms with E-state index in [2.05, 4.69) is 26.5 Å². The molecule has 0 saturated carbocycles. The second-order valence-electron chi connectivity index (χ2n) is 6.37. The zero-order valence-electron chi connectivity index (χ0n) is 16.2. The second kappa shape index (κ2) is 9.12. The van der Waals surface area contributed by atoms with E-state index in [9.17, 15) is 18.6 Å². The van der Waals surface area contributed by atoms with Crippen molar-refractivity contribution in [3.8, 4) is 11.8 Å². The van der Waals surface area contributed by atoms with Gasteiger partial charge in [0.1, 0.15) is 11.6 Å². The number of nitrogens with one attached hydrogen (secondary N) is 1. The van der Waals surface area contributed by atoms with E-state index < -0.39 is 15.6 Å². The summed E-state index contributed by atoms with van der Waals surface area (Å²) in [5, 5.41) is 2.66. The molecular formula is C20H20N4O4S. The van der Waals surface area contributed by atoms with Crippen LogP contribution in [0.3, 0.4) is 0 Å². The summed E-state index contributed by atoms with van der Waals surface area (Å²) in [5.41, 5.74) is 7.41. The highest BCUT2D eigenvalue weighted by atomic mass is 32.2. The maximum absolute atomic E-state index is 12.3. The lowest BCUT2D eigenvalue weighted by molar-refractivity contribution is -0.115. The van der Waals surface area contributed by atoms with Gasteiger partial charge in [0.15, 0.2) is 0 Å². The molecule has 1 atom stereocenters. The van der Waals surface area contributed by atoms with Gasteiger partial charge in [-0.1, -0.05) is 17.9 Å². The maximum atomic E-state index is 12.3. The molecule has 2 aromatic rings. The van der Waals surface area contributed by atoms with Crippen LogP contribution in [0.5, 0.6) is 0 Å². The molecule has 1 heterocycles. The van der Waals surface area contributed by atoms with Gasteiger partial charge in [0.25, 0.3) is 5.91 Å². The van der Waals surface area contributed by atoms with E-state index in [0.717, 1.165) is 0 Å². The van der Waals surface area contributed by atoms with Gasteiger partial charge in [0.05, 0.1) is 26.6 Å². The number of rotatable bonds is 4. The Morgan fingerprint density at radius 3 is 2.59 bits per heavy atom. The largest absolute Gasteiger partial charge is 0.383 e. The Kier molecular flexibility index (Phi) is 6.85. The number of pyridine rings is 1. The molecule has 3 N–H and O–H groups in total. The van der Waals surface area contributed by atoms with Crippen molar-refractivity contribution in [3.63, 3.8) is 0 Å². The minimum absolute atomic E-state index is 0.0635. The number of nitrogens with zero attached hydrogens (tertiary/aromatic N) is 2. The first kappa shape index (κ1) is 21.8. The van der Waals surface area contributed by atoms with Crippen LogP contribution in [-0.4, -0.2) is 38.8 Å².